The van der Waals surface area contributed by atoms with Gasteiger partial charge in [-0.1, -0.05) is 25.2 Å². The Morgan fingerprint density at radius 3 is 2.30 bits per heavy atom. The fourth-order valence-corrected chi connectivity index (χ4v) is 4.99. The molecule has 0 N–H and O–H groups in total. The summed E-state index contributed by atoms with van der Waals surface area (Å²) < 4.78 is 12.5. The van der Waals surface area contributed by atoms with E-state index < -0.39 is 17.8 Å². The lowest BCUT2D eigenvalue weighted by Crippen LogP contribution is -2.23. The van der Waals surface area contributed by atoms with Crippen LogP contribution in [0.5, 0.6) is 0 Å². The second kappa shape index (κ2) is 11.3. The molecule has 0 saturated heterocycles. The minimum Gasteiger partial charge on any atom is -0.465 e. The van der Waals surface area contributed by atoms with Crippen molar-refractivity contribution in [2.24, 2.45) is 4.99 Å². The Hall–Kier alpha value is -2.91. The van der Waals surface area contributed by atoms with Gasteiger partial charge in [0.25, 0.3) is 5.91 Å². The smallest absolute Gasteiger partial charge is 0.338 e. The van der Waals surface area contributed by atoms with Crippen LogP contribution in [0.25, 0.3) is 10.2 Å². The number of rotatable bonds is 8. The number of hydrogen-bond donors (Lipinski definition) is 0. The Balaban J connectivity index is 2.02. The number of carbonyl (C=O) groups is 3. The molecule has 1 heterocycles. The van der Waals surface area contributed by atoms with Crippen LogP contribution >= 0.6 is 23.1 Å². The number of nitrogens with zero attached hydrogens (tertiary/aromatic N) is 2. The van der Waals surface area contributed by atoms with Crippen LogP contribution in [0, 0.1) is 0 Å². The highest BCUT2D eigenvalue weighted by molar-refractivity contribution is 7.99. The third kappa shape index (κ3) is 6.33. The zero-order valence-corrected chi connectivity index (χ0v) is 20.6. The van der Waals surface area contributed by atoms with Gasteiger partial charge in [0.2, 0.25) is 0 Å². The lowest BCUT2D eigenvalue weighted by molar-refractivity contribution is -0.143. The van der Waals surface area contributed by atoms with E-state index >= 15 is 0 Å². The molecule has 0 aliphatic carbocycles. The first-order chi connectivity index (χ1) is 15.8. The average molecular weight is 487 g/mol. The molecule has 2 aromatic carbocycles. The molecule has 9 heteroatoms. The molecule has 3 aromatic rings. The second-order valence-electron chi connectivity index (χ2n) is 7.29. The Labute approximate surface area is 200 Å². The highest BCUT2D eigenvalue weighted by atomic mass is 32.2. The Morgan fingerprint density at radius 1 is 1.00 bits per heavy atom. The summed E-state index contributed by atoms with van der Waals surface area (Å²) in [6.45, 7) is 8.12. The van der Waals surface area contributed by atoms with E-state index in [1.807, 2.05) is 12.1 Å². The van der Waals surface area contributed by atoms with E-state index in [9.17, 15) is 14.4 Å². The summed E-state index contributed by atoms with van der Waals surface area (Å²) in [6.07, 6.45) is 0. The van der Waals surface area contributed by atoms with Crippen molar-refractivity contribution < 1.29 is 23.9 Å². The van der Waals surface area contributed by atoms with Crippen LogP contribution in [-0.2, 0) is 20.8 Å². The molecule has 1 aromatic heterocycles. The van der Waals surface area contributed by atoms with E-state index in [2.05, 4.69) is 18.8 Å². The van der Waals surface area contributed by atoms with E-state index in [0.717, 1.165) is 4.90 Å². The van der Waals surface area contributed by atoms with Crippen LogP contribution in [0.4, 0.5) is 0 Å². The number of thiazole rings is 1. The molecule has 7 nitrogen and oxygen atoms in total. The molecule has 0 bridgehead atoms. The van der Waals surface area contributed by atoms with Crippen molar-refractivity contribution >= 4 is 51.2 Å². The first-order valence-corrected chi connectivity index (χ1v) is 12.3. The van der Waals surface area contributed by atoms with Crippen molar-refractivity contribution in [2.75, 3.05) is 13.2 Å². The molecule has 0 spiro atoms. The number of carbonyl (C=O) groups excluding carboxylic acids is 3. The molecule has 0 aliphatic heterocycles. The number of ether oxygens (including phenoxy) is 2. The van der Waals surface area contributed by atoms with Gasteiger partial charge in [0.15, 0.2) is 4.80 Å². The van der Waals surface area contributed by atoms with E-state index in [0.29, 0.717) is 31.4 Å². The Morgan fingerprint density at radius 2 is 1.67 bits per heavy atom. The SMILES string of the molecule is CCOC(=O)Cn1c(=NC(=O)c2ccc(SC(C)C)cc2)sc2cc(C(=O)OCC)ccc21. The fraction of sp³-hybridized carbons (Fsp3) is 0.333. The maximum atomic E-state index is 12.9. The van der Waals surface area contributed by atoms with Crippen molar-refractivity contribution in [3.8, 4) is 0 Å². The quantitative estimate of drug-likeness (QED) is 0.339. The summed E-state index contributed by atoms with van der Waals surface area (Å²) in [4.78, 5) is 42.9. The van der Waals surface area contributed by atoms with Crippen molar-refractivity contribution in [3.05, 3.63) is 58.4 Å². The summed E-state index contributed by atoms with van der Waals surface area (Å²) in [7, 11) is 0. The second-order valence-corrected chi connectivity index (χ2v) is 9.95. The highest BCUT2D eigenvalue weighted by Crippen LogP contribution is 2.23. The number of aromatic nitrogens is 1. The van der Waals surface area contributed by atoms with Crippen LogP contribution in [0.15, 0.2) is 52.4 Å². The van der Waals surface area contributed by atoms with Gasteiger partial charge in [-0.05, 0) is 56.3 Å². The molecule has 1 amide bonds. The minimum absolute atomic E-state index is 0.0946. The molecule has 0 aliphatic rings. The van der Waals surface area contributed by atoms with E-state index in [4.69, 9.17) is 9.47 Å². The van der Waals surface area contributed by atoms with Crippen LogP contribution in [0.3, 0.4) is 0 Å². The van der Waals surface area contributed by atoms with Gasteiger partial charge in [-0.3, -0.25) is 9.59 Å². The van der Waals surface area contributed by atoms with Gasteiger partial charge >= 0.3 is 11.9 Å². The molecule has 33 heavy (non-hydrogen) atoms. The summed E-state index contributed by atoms with van der Waals surface area (Å²) in [5.41, 5.74) is 1.52. The standard InChI is InChI=1S/C24H26N2O5S2/c1-5-30-21(27)14-26-19-12-9-17(23(29)31-6-2)13-20(19)33-24(26)25-22(28)16-7-10-18(11-8-16)32-15(3)4/h7-13,15H,5-6,14H2,1-4H3. The highest BCUT2D eigenvalue weighted by Gasteiger charge is 2.15. The van der Waals surface area contributed by atoms with Gasteiger partial charge in [-0.25, -0.2) is 4.79 Å². The van der Waals surface area contributed by atoms with E-state index in [-0.39, 0.29) is 19.8 Å². The van der Waals surface area contributed by atoms with Crippen molar-refractivity contribution in [1.29, 1.82) is 0 Å². The molecule has 0 unspecified atom stereocenters. The number of amides is 1. The van der Waals surface area contributed by atoms with Crippen molar-refractivity contribution in [3.63, 3.8) is 0 Å². The molecule has 0 atom stereocenters. The number of thioether (sulfide) groups is 1. The first-order valence-electron chi connectivity index (χ1n) is 10.6. The lowest BCUT2D eigenvalue weighted by Gasteiger charge is -2.06. The first kappa shape index (κ1) is 24.7. The zero-order valence-electron chi connectivity index (χ0n) is 19.0. The monoisotopic (exact) mass is 486 g/mol. The van der Waals surface area contributed by atoms with Gasteiger partial charge in [-0.15, -0.1) is 11.8 Å². The van der Waals surface area contributed by atoms with Crippen LogP contribution in [0.2, 0.25) is 0 Å². The summed E-state index contributed by atoms with van der Waals surface area (Å²) in [6, 6.07) is 12.3. The summed E-state index contributed by atoms with van der Waals surface area (Å²) >= 11 is 2.94. The van der Waals surface area contributed by atoms with E-state index in [1.54, 1.807) is 60.5 Å². The number of esters is 2. The number of hydrogen-bond acceptors (Lipinski definition) is 7. The zero-order chi connectivity index (χ0) is 24.0. The number of fused-ring (bicyclic) bond motifs is 1. The fourth-order valence-electron chi connectivity index (χ4n) is 3.09. The predicted octanol–water partition coefficient (Wildman–Crippen LogP) is 4.68. The molecular weight excluding hydrogens is 460 g/mol. The van der Waals surface area contributed by atoms with Crippen molar-refractivity contribution in [1.82, 2.24) is 4.57 Å². The van der Waals surface area contributed by atoms with Crippen LogP contribution < -0.4 is 4.80 Å². The Bertz CT molecular complexity index is 1230. The molecule has 3 rings (SSSR count). The molecule has 0 saturated carbocycles. The molecule has 0 radical (unpaired) electrons. The lowest BCUT2D eigenvalue weighted by atomic mass is 10.2. The van der Waals surface area contributed by atoms with Gasteiger partial charge in [0.05, 0.1) is 29.0 Å². The third-order valence-electron chi connectivity index (χ3n) is 4.46. The third-order valence-corrected chi connectivity index (χ3v) is 6.51. The summed E-state index contributed by atoms with van der Waals surface area (Å²) in [5, 5.41) is 0.441. The molecule has 174 valence electrons. The largest absolute Gasteiger partial charge is 0.465 e. The summed E-state index contributed by atoms with van der Waals surface area (Å²) in [5.74, 6) is -1.28. The predicted molar refractivity (Wildman–Crippen MR) is 130 cm³/mol. The van der Waals surface area contributed by atoms with Crippen LogP contribution in [-0.4, -0.2) is 40.9 Å². The van der Waals surface area contributed by atoms with E-state index in [1.165, 1.54) is 11.3 Å². The van der Waals surface area contributed by atoms with Gasteiger partial charge < -0.3 is 14.0 Å². The van der Waals surface area contributed by atoms with Crippen LogP contribution in [0.1, 0.15) is 48.4 Å². The molecular formula is C24H26N2O5S2. The van der Waals surface area contributed by atoms with Gasteiger partial charge in [-0.2, -0.15) is 4.99 Å². The van der Waals surface area contributed by atoms with Gasteiger partial charge in [0.1, 0.15) is 6.54 Å². The number of benzene rings is 2. The topological polar surface area (TPSA) is 87.0 Å². The van der Waals surface area contributed by atoms with Crippen molar-refractivity contribution in [2.45, 2.75) is 44.4 Å². The van der Waals surface area contributed by atoms with Gasteiger partial charge in [0, 0.05) is 15.7 Å². The minimum atomic E-state index is -0.435. The average Bonchev–Trinajstić information content (AvgIpc) is 3.10. The maximum Gasteiger partial charge on any atom is 0.338 e. The Kier molecular flexibility index (Phi) is 8.46. The molecule has 0 fully saturated rings. The normalized spacial score (nSPS) is 11.7. The maximum absolute atomic E-state index is 12.9.